The van der Waals surface area contributed by atoms with E-state index in [0.29, 0.717) is 36.4 Å². The van der Waals surface area contributed by atoms with Crippen molar-refractivity contribution >= 4 is 11.8 Å². The molecule has 2 amide bonds. The number of carbonyl (C=O) groups excluding carboxylic acids is 2. The predicted molar refractivity (Wildman–Crippen MR) is 125 cm³/mol. The first kappa shape index (κ1) is 23.4. The van der Waals surface area contributed by atoms with Gasteiger partial charge in [0.1, 0.15) is 11.6 Å². The van der Waals surface area contributed by atoms with Gasteiger partial charge in [-0.1, -0.05) is 24.3 Å². The number of nitrogens with zero attached hydrogens (tertiary/aromatic N) is 4. The third-order valence-corrected chi connectivity index (χ3v) is 6.06. The Labute approximate surface area is 198 Å². The number of benzene rings is 2. The van der Waals surface area contributed by atoms with Crippen molar-refractivity contribution in [3.8, 4) is 11.8 Å². The molecule has 1 aromatic heterocycles. The van der Waals surface area contributed by atoms with E-state index < -0.39 is 0 Å². The third kappa shape index (κ3) is 5.75. The highest BCUT2D eigenvalue weighted by molar-refractivity contribution is 5.94. The third-order valence-electron chi connectivity index (χ3n) is 6.06. The maximum atomic E-state index is 13.9. The molecule has 0 N–H and O–H groups in total. The lowest BCUT2D eigenvalue weighted by atomic mass is 10.1. The van der Waals surface area contributed by atoms with Gasteiger partial charge in [-0.05, 0) is 55.2 Å². The molecule has 4 rings (SSSR count). The van der Waals surface area contributed by atoms with E-state index in [1.54, 1.807) is 72.9 Å². The van der Waals surface area contributed by atoms with Crippen molar-refractivity contribution < 1.29 is 18.7 Å². The fourth-order valence-electron chi connectivity index (χ4n) is 4.12. The van der Waals surface area contributed by atoms with E-state index in [1.807, 2.05) is 4.90 Å². The molecular weight excluding hydrogens is 435 g/mol. The van der Waals surface area contributed by atoms with Crippen molar-refractivity contribution in [3.05, 3.63) is 83.9 Å². The van der Waals surface area contributed by atoms with Gasteiger partial charge in [-0.3, -0.25) is 9.59 Å². The minimum absolute atomic E-state index is 0.00182. The zero-order chi connectivity index (χ0) is 23.9. The molecule has 0 radical (unpaired) electrons. The number of amides is 2. The molecular formula is C26H27FN4O3. The Kier molecular flexibility index (Phi) is 7.47. The number of halogens is 1. The monoisotopic (exact) mass is 462 g/mol. The molecule has 0 bridgehead atoms. The molecule has 7 nitrogen and oxygen atoms in total. The van der Waals surface area contributed by atoms with Crippen LogP contribution in [0.5, 0.6) is 11.8 Å². The zero-order valence-electron chi connectivity index (χ0n) is 19.1. The molecule has 3 aromatic rings. The van der Waals surface area contributed by atoms with Crippen molar-refractivity contribution in [1.82, 2.24) is 19.8 Å². The number of likely N-dealkylation sites (tertiary alicyclic amines) is 1. The van der Waals surface area contributed by atoms with E-state index in [-0.39, 0.29) is 36.1 Å². The van der Waals surface area contributed by atoms with Gasteiger partial charge >= 0.3 is 6.01 Å². The summed E-state index contributed by atoms with van der Waals surface area (Å²) in [7, 11) is 1.76. The normalized spacial score (nSPS) is 15.9. The summed E-state index contributed by atoms with van der Waals surface area (Å²) in [5.41, 5.74) is 0.920. The minimum atomic E-state index is -0.369. The summed E-state index contributed by atoms with van der Waals surface area (Å²) < 4.78 is 19.6. The van der Waals surface area contributed by atoms with Gasteiger partial charge in [0.2, 0.25) is 5.91 Å². The summed E-state index contributed by atoms with van der Waals surface area (Å²) in [6.45, 7) is 1.14. The minimum Gasteiger partial charge on any atom is -0.424 e. The molecule has 8 heteroatoms. The number of rotatable bonds is 6. The van der Waals surface area contributed by atoms with E-state index in [2.05, 4.69) is 9.97 Å². The number of hydrogen-bond donors (Lipinski definition) is 0. The van der Waals surface area contributed by atoms with Crippen LogP contribution in [-0.2, 0) is 11.2 Å². The summed E-state index contributed by atoms with van der Waals surface area (Å²) >= 11 is 0. The standard InChI is InChI=1S/C26H27FN4O3/c1-30(24(32)18-19-7-2-3-11-23(19)27)21-9-5-15-31(16-12-21)25(33)20-8-4-10-22(17-20)34-26-28-13-6-14-29-26/h2-4,6-8,10-11,13-14,17,21H,5,9,12,15-16,18H2,1H3/t21-/m0/s1. The van der Waals surface area contributed by atoms with Gasteiger partial charge in [0.05, 0.1) is 6.42 Å². The molecule has 2 aromatic carbocycles. The summed E-state index contributed by atoms with van der Waals surface area (Å²) in [5.74, 6) is -0.0848. The lowest BCUT2D eigenvalue weighted by molar-refractivity contribution is -0.131. The first-order valence-electron chi connectivity index (χ1n) is 11.3. The molecule has 1 atom stereocenters. The number of carbonyl (C=O) groups is 2. The maximum Gasteiger partial charge on any atom is 0.321 e. The Morgan fingerprint density at radius 2 is 1.85 bits per heavy atom. The van der Waals surface area contributed by atoms with Crippen molar-refractivity contribution in [2.24, 2.45) is 0 Å². The maximum absolute atomic E-state index is 13.9. The molecule has 1 saturated heterocycles. The second-order valence-electron chi connectivity index (χ2n) is 8.31. The van der Waals surface area contributed by atoms with Gasteiger partial charge in [-0.2, -0.15) is 0 Å². The number of ether oxygens (including phenoxy) is 1. The van der Waals surface area contributed by atoms with Crippen LogP contribution < -0.4 is 4.74 Å². The van der Waals surface area contributed by atoms with Crippen LogP contribution in [0.3, 0.4) is 0 Å². The SMILES string of the molecule is CN(C(=O)Cc1ccccc1F)[C@H]1CCCN(C(=O)c2cccc(Oc3ncccn3)c2)CC1. The molecule has 0 spiro atoms. The predicted octanol–water partition coefficient (Wildman–Crippen LogP) is 4.10. The molecule has 0 unspecified atom stereocenters. The smallest absolute Gasteiger partial charge is 0.321 e. The van der Waals surface area contributed by atoms with Crippen LogP contribution >= 0.6 is 0 Å². The average Bonchev–Trinajstić information content (AvgIpc) is 3.12. The van der Waals surface area contributed by atoms with Gasteiger partial charge in [-0.15, -0.1) is 0 Å². The zero-order valence-corrected chi connectivity index (χ0v) is 19.1. The first-order chi connectivity index (χ1) is 16.5. The van der Waals surface area contributed by atoms with Gasteiger partial charge in [0, 0.05) is 44.1 Å². The largest absolute Gasteiger partial charge is 0.424 e. The lowest BCUT2D eigenvalue weighted by Crippen LogP contribution is -2.39. The first-order valence-corrected chi connectivity index (χ1v) is 11.3. The molecule has 1 fully saturated rings. The van der Waals surface area contributed by atoms with Crippen LogP contribution in [0.25, 0.3) is 0 Å². The van der Waals surface area contributed by atoms with Crippen LogP contribution in [-0.4, -0.2) is 57.8 Å². The molecule has 1 aliphatic rings. The van der Waals surface area contributed by atoms with Crippen LogP contribution in [0.2, 0.25) is 0 Å². The Bertz CT molecular complexity index is 1140. The highest BCUT2D eigenvalue weighted by atomic mass is 19.1. The Balaban J connectivity index is 1.36. The van der Waals surface area contributed by atoms with Crippen molar-refractivity contribution in [1.29, 1.82) is 0 Å². The van der Waals surface area contributed by atoms with E-state index in [4.69, 9.17) is 4.74 Å². The van der Waals surface area contributed by atoms with Gasteiger partial charge in [0.25, 0.3) is 5.91 Å². The van der Waals surface area contributed by atoms with Crippen LogP contribution in [0.1, 0.15) is 35.2 Å². The Morgan fingerprint density at radius 1 is 1.06 bits per heavy atom. The molecule has 1 aliphatic heterocycles. The van der Waals surface area contributed by atoms with Crippen molar-refractivity contribution in [2.75, 3.05) is 20.1 Å². The highest BCUT2D eigenvalue weighted by Crippen LogP contribution is 2.22. The van der Waals surface area contributed by atoms with Gasteiger partial charge in [0.15, 0.2) is 0 Å². The van der Waals surface area contributed by atoms with E-state index in [9.17, 15) is 14.0 Å². The molecule has 176 valence electrons. The van der Waals surface area contributed by atoms with Gasteiger partial charge < -0.3 is 14.5 Å². The van der Waals surface area contributed by atoms with Gasteiger partial charge in [-0.25, -0.2) is 14.4 Å². The van der Waals surface area contributed by atoms with Crippen LogP contribution in [0.4, 0.5) is 4.39 Å². The van der Waals surface area contributed by atoms with Crippen LogP contribution in [0.15, 0.2) is 67.0 Å². The summed E-state index contributed by atoms with van der Waals surface area (Å²) in [4.78, 5) is 37.5. The molecule has 2 heterocycles. The quantitative estimate of drug-likeness (QED) is 0.551. The molecule has 34 heavy (non-hydrogen) atoms. The fraction of sp³-hybridized carbons (Fsp3) is 0.308. The average molecular weight is 463 g/mol. The summed E-state index contributed by atoms with van der Waals surface area (Å²) in [6, 6.07) is 15.2. The number of aromatic nitrogens is 2. The highest BCUT2D eigenvalue weighted by Gasteiger charge is 2.26. The Hall–Kier alpha value is -3.81. The topological polar surface area (TPSA) is 75.6 Å². The lowest BCUT2D eigenvalue weighted by Gasteiger charge is -2.27. The van der Waals surface area contributed by atoms with Crippen molar-refractivity contribution in [3.63, 3.8) is 0 Å². The Morgan fingerprint density at radius 3 is 2.65 bits per heavy atom. The molecule has 0 saturated carbocycles. The van der Waals surface area contributed by atoms with E-state index >= 15 is 0 Å². The van der Waals surface area contributed by atoms with Crippen LogP contribution in [0, 0.1) is 5.82 Å². The molecule has 0 aliphatic carbocycles. The second kappa shape index (κ2) is 10.9. The number of likely N-dealkylation sites (N-methyl/N-ethyl adjacent to an activating group) is 1. The van der Waals surface area contributed by atoms with E-state index in [1.165, 1.54) is 6.07 Å². The second-order valence-corrected chi connectivity index (χ2v) is 8.31. The fourth-order valence-corrected chi connectivity index (χ4v) is 4.12. The summed E-state index contributed by atoms with van der Waals surface area (Å²) in [5, 5.41) is 0. The summed E-state index contributed by atoms with van der Waals surface area (Å²) in [6.07, 6.45) is 5.44. The number of hydrogen-bond acceptors (Lipinski definition) is 5. The van der Waals surface area contributed by atoms with E-state index in [0.717, 1.165) is 12.8 Å². The van der Waals surface area contributed by atoms with Crippen molar-refractivity contribution in [2.45, 2.75) is 31.7 Å².